The summed E-state index contributed by atoms with van der Waals surface area (Å²) in [5.74, 6) is 0. The van der Waals surface area contributed by atoms with E-state index in [4.69, 9.17) is 4.42 Å². The minimum atomic E-state index is -0.120. The Labute approximate surface area is 400 Å². The SMILES string of the molecule is CC1(C)c2ccccc2-c2ccc(N(c3ccccc3)c3ccc4c(c3)oc3c5ccc(N(c6ccccc6)c6ccc7c(c6)c6ccccc6n7-c6ccccc6)cc5c5ccccc5c43)cc21. The van der Waals surface area contributed by atoms with Gasteiger partial charge in [-0.2, -0.15) is 0 Å². The topological polar surface area (TPSA) is 24.6 Å². The van der Waals surface area contributed by atoms with Crippen molar-refractivity contribution in [2.45, 2.75) is 19.3 Å². The minimum Gasteiger partial charge on any atom is -0.455 e. The van der Waals surface area contributed by atoms with Crippen molar-refractivity contribution in [2.75, 3.05) is 9.80 Å². The van der Waals surface area contributed by atoms with E-state index >= 15 is 0 Å². The van der Waals surface area contributed by atoms with Crippen molar-refractivity contribution in [3.05, 3.63) is 248 Å². The van der Waals surface area contributed by atoms with Gasteiger partial charge in [-0.05, 0) is 142 Å². The zero-order valence-electron chi connectivity index (χ0n) is 38.3. The van der Waals surface area contributed by atoms with Crippen LogP contribution in [0.5, 0.6) is 0 Å². The summed E-state index contributed by atoms with van der Waals surface area (Å²) in [6.07, 6.45) is 0. The fraction of sp³-hybridized carbons (Fsp3) is 0.0462. The first-order valence-corrected chi connectivity index (χ1v) is 23.8. The van der Waals surface area contributed by atoms with Crippen molar-refractivity contribution >= 4 is 99.4 Å². The molecule has 0 saturated carbocycles. The molecule has 0 unspecified atom stereocenters. The molecule has 4 heteroatoms. The molecule has 0 saturated heterocycles. The fourth-order valence-electron chi connectivity index (χ4n) is 11.5. The van der Waals surface area contributed by atoms with Gasteiger partial charge in [0.25, 0.3) is 0 Å². The molecule has 0 amide bonds. The van der Waals surface area contributed by atoms with Gasteiger partial charge in [-0.1, -0.05) is 141 Å². The highest BCUT2D eigenvalue weighted by Gasteiger charge is 2.36. The molecule has 14 rings (SSSR count). The Morgan fingerprint density at radius 3 is 1.61 bits per heavy atom. The molecule has 2 aromatic heterocycles. The molecule has 1 aliphatic rings. The van der Waals surface area contributed by atoms with Gasteiger partial charge >= 0.3 is 0 Å². The predicted molar refractivity (Wildman–Crippen MR) is 290 cm³/mol. The van der Waals surface area contributed by atoms with Crippen LogP contribution in [-0.2, 0) is 5.41 Å². The lowest BCUT2D eigenvalue weighted by atomic mass is 9.82. The Morgan fingerprint density at radius 2 is 0.870 bits per heavy atom. The van der Waals surface area contributed by atoms with Crippen LogP contribution in [-0.4, -0.2) is 4.57 Å². The number of rotatable bonds is 7. The Hall–Kier alpha value is -8.86. The number of fused-ring (bicyclic) bond motifs is 14. The summed E-state index contributed by atoms with van der Waals surface area (Å²) in [7, 11) is 0. The molecule has 326 valence electrons. The molecular weight excluding hydrogens is 839 g/mol. The number of benzene rings is 11. The van der Waals surface area contributed by atoms with Crippen LogP contribution in [0, 0.1) is 0 Å². The molecule has 1 aliphatic carbocycles. The molecule has 13 aromatic rings. The highest BCUT2D eigenvalue weighted by atomic mass is 16.3. The van der Waals surface area contributed by atoms with E-state index in [0.29, 0.717) is 0 Å². The average Bonchev–Trinajstić information content (AvgIpc) is 4.03. The van der Waals surface area contributed by atoms with Gasteiger partial charge in [0.05, 0.1) is 11.0 Å². The van der Waals surface area contributed by atoms with Crippen LogP contribution < -0.4 is 9.80 Å². The van der Waals surface area contributed by atoms with Crippen LogP contribution >= 0.6 is 0 Å². The molecule has 0 radical (unpaired) electrons. The first-order valence-electron chi connectivity index (χ1n) is 23.8. The number of hydrogen-bond donors (Lipinski definition) is 0. The Balaban J connectivity index is 0.935. The quantitative estimate of drug-likeness (QED) is 0.149. The van der Waals surface area contributed by atoms with Gasteiger partial charge in [0.15, 0.2) is 0 Å². The number of furan rings is 1. The molecule has 0 N–H and O–H groups in total. The van der Waals surface area contributed by atoms with Crippen LogP contribution in [0.2, 0.25) is 0 Å². The fourth-order valence-corrected chi connectivity index (χ4v) is 11.5. The van der Waals surface area contributed by atoms with Crippen molar-refractivity contribution in [3.8, 4) is 16.8 Å². The first-order chi connectivity index (χ1) is 34.0. The molecule has 0 atom stereocenters. The van der Waals surface area contributed by atoms with Crippen molar-refractivity contribution in [3.63, 3.8) is 0 Å². The molecule has 0 bridgehead atoms. The van der Waals surface area contributed by atoms with Gasteiger partial charge in [-0.25, -0.2) is 0 Å². The number of anilines is 6. The maximum atomic E-state index is 7.14. The Morgan fingerprint density at radius 1 is 0.348 bits per heavy atom. The van der Waals surface area contributed by atoms with Gasteiger partial charge < -0.3 is 18.8 Å². The number of hydrogen-bond acceptors (Lipinski definition) is 3. The second kappa shape index (κ2) is 15.1. The summed E-state index contributed by atoms with van der Waals surface area (Å²) in [4.78, 5) is 4.75. The summed E-state index contributed by atoms with van der Waals surface area (Å²) < 4.78 is 9.51. The van der Waals surface area contributed by atoms with Crippen LogP contribution in [0.3, 0.4) is 0 Å². The van der Waals surface area contributed by atoms with E-state index in [2.05, 4.69) is 265 Å². The molecular formula is C65H45N3O. The van der Waals surface area contributed by atoms with E-state index in [0.717, 1.165) is 72.5 Å². The van der Waals surface area contributed by atoms with Crippen LogP contribution in [0.1, 0.15) is 25.0 Å². The standard InChI is InChI=1S/C65H45N3O/c1-65(2)58-28-16-14-25-50(58)51-34-30-47(40-59(51)65)67(43-20-8-4-9-21-43)48-32-36-55-62(41-48)69-64-54-35-31-45(38-56(54)49-24-12-13-27-53(49)63(55)64)66(42-18-6-3-7-19-42)46-33-37-61-57(39-46)52-26-15-17-29-60(52)68(61)44-22-10-5-11-23-44/h3-41H,1-2H3. The van der Waals surface area contributed by atoms with E-state index < -0.39 is 0 Å². The average molecular weight is 884 g/mol. The van der Waals surface area contributed by atoms with E-state index in [-0.39, 0.29) is 5.41 Å². The number of aromatic nitrogens is 1. The third-order valence-corrected chi connectivity index (χ3v) is 14.7. The minimum absolute atomic E-state index is 0.120. The molecule has 69 heavy (non-hydrogen) atoms. The molecule has 0 aliphatic heterocycles. The van der Waals surface area contributed by atoms with E-state index in [1.165, 1.54) is 54.8 Å². The Bertz CT molecular complexity index is 4170. The lowest BCUT2D eigenvalue weighted by Gasteiger charge is -2.28. The van der Waals surface area contributed by atoms with Gasteiger partial charge in [0, 0.05) is 78.2 Å². The van der Waals surface area contributed by atoms with E-state index in [1.807, 2.05) is 0 Å². The second-order valence-corrected chi connectivity index (χ2v) is 18.9. The summed E-state index contributed by atoms with van der Waals surface area (Å²) in [6, 6.07) is 85.9. The van der Waals surface area contributed by atoms with Gasteiger partial charge in [0.2, 0.25) is 0 Å². The third-order valence-electron chi connectivity index (χ3n) is 14.7. The van der Waals surface area contributed by atoms with Gasteiger partial charge in [0.1, 0.15) is 11.2 Å². The number of para-hydroxylation sites is 4. The largest absolute Gasteiger partial charge is 0.455 e. The van der Waals surface area contributed by atoms with Crippen LogP contribution in [0.25, 0.3) is 82.1 Å². The summed E-state index contributed by atoms with van der Waals surface area (Å²) in [5, 5.41) is 9.25. The van der Waals surface area contributed by atoms with Crippen molar-refractivity contribution in [1.29, 1.82) is 0 Å². The molecule has 4 nitrogen and oxygen atoms in total. The van der Waals surface area contributed by atoms with E-state index in [1.54, 1.807) is 0 Å². The summed E-state index contributed by atoms with van der Waals surface area (Å²) in [6.45, 7) is 4.69. The number of nitrogens with zero attached hydrogens (tertiary/aromatic N) is 3. The zero-order valence-corrected chi connectivity index (χ0v) is 38.3. The predicted octanol–water partition coefficient (Wildman–Crippen LogP) is 18.2. The third kappa shape index (κ3) is 5.95. The summed E-state index contributed by atoms with van der Waals surface area (Å²) >= 11 is 0. The van der Waals surface area contributed by atoms with Crippen molar-refractivity contribution in [2.24, 2.45) is 0 Å². The Kier molecular flexibility index (Phi) is 8.59. The highest BCUT2D eigenvalue weighted by molar-refractivity contribution is 6.30. The second-order valence-electron chi connectivity index (χ2n) is 18.9. The lowest BCUT2D eigenvalue weighted by molar-refractivity contribution is 0.660. The molecule has 0 fully saturated rings. The van der Waals surface area contributed by atoms with Crippen molar-refractivity contribution in [1.82, 2.24) is 4.57 Å². The van der Waals surface area contributed by atoms with Crippen molar-refractivity contribution < 1.29 is 4.42 Å². The molecule has 0 spiro atoms. The van der Waals surface area contributed by atoms with Crippen LogP contribution in [0.4, 0.5) is 34.1 Å². The highest BCUT2D eigenvalue weighted by Crippen LogP contribution is 2.51. The maximum absolute atomic E-state index is 7.14. The zero-order chi connectivity index (χ0) is 45.8. The first kappa shape index (κ1) is 39.3. The molecule has 11 aromatic carbocycles. The monoisotopic (exact) mass is 883 g/mol. The smallest absolute Gasteiger partial charge is 0.143 e. The van der Waals surface area contributed by atoms with E-state index in [9.17, 15) is 0 Å². The molecule has 2 heterocycles. The summed E-state index contributed by atoms with van der Waals surface area (Å²) in [5.41, 5.74) is 17.0. The van der Waals surface area contributed by atoms with Crippen LogP contribution in [0.15, 0.2) is 241 Å². The van der Waals surface area contributed by atoms with Gasteiger partial charge in [-0.15, -0.1) is 0 Å². The normalized spacial score (nSPS) is 12.9. The maximum Gasteiger partial charge on any atom is 0.143 e. The lowest BCUT2D eigenvalue weighted by Crippen LogP contribution is -2.16. The van der Waals surface area contributed by atoms with Gasteiger partial charge in [-0.3, -0.25) is 0 Å².